The highest BCUT2D eigenvalue weighted by molar-refractivity contribution is 8.07. The molecule has 4 heteroatoms. The zero-order valence-corrected chi connectivity index (χ0v) is 13.3. The molecule has 2 nitrogen and oxygen atoms in total. The SMILES string of the molecule is CC1SCCSC1C(N)Cc1ccnc2ccccc12. The maximum Gasteiger partial charge on any atom is 0.0704 e. The van der Waals surface area contributed by atoms with Crippen LogP contribution in [-0.2, 0) is 6.42 Å². The van der Waals surface area contributed by atoms with Gasteiger partial charge >= 0.3 is 0 Å². The standard InChI is InChI=1S/C16H20N2S2/c1-11-16(20-9-8-19-11)14(17)10-12-6-7-18-15-5-3-2-4-13(12)15/h2-7,11,14,16H,8-10,17H2,1H3. The maximum absolute atomic E-state index is 6.51. The summed E-state index contributed by atoms with van der Waals surface area (Å²) in [6, 6.07) is 10.7. The highest BCUT2D eigenvalue weighted by Gasteiger charge is 2.28. The molecule has 0 aliphatic carbocycles. The van der Waals surface area contributed by atoms with Gasteiger partial charge in [0.2, 0.25) is 0 Å². The maximum atomic E-state index is 6.51. The fourth-order valence-electron chi connectivity index (χ4n) is 2.82. The van der Waals surface area contributed by atoms with Crippen molar-refractivity contribution >= 4 is 34.4 Å². The quantitative estimate of drug-likeness (QED) is 0.944. The highest BCUT2D eigenvalue weighted by atomic mass is 32.2. The van der Waals surface area contributed by atoms with Gasteiger partial charge in [-0.15, -0.1) is 0 Å². The van der Waals surface area contributed by atoms with Crippen LogP contribution < -0.4 is 5.73 Å². The van der Waals surface area contributed by atoms with Crippen molar-refractivity contribution < 1.29 is 0 Å². The summed E-state index contributed by atoms with van der Waals surface area (Å²) in [5.41, 5.74) is 8.90. The van der Waals surface area contributed by atoms with Crippen molar-refractivity contribution in [2.45, 2.75) is 29.9 Å². The minimum atomic E-state index is 0.216. The molecule has 0 bridgehead atoms. The third-order valence-electron chi connectivity index (χ3n) is 3.85. The molecule has 1 aliphatic heterocycles. The number of benzene rings is 1. The van der Waals surface area contributed by atoms with Crippen LogP contribution in [0.3, 0.4) is 0 Å². The van der Waals surface area contributed by atoms with Crippen molar-refractivity contribution in [3.05, 3.63) is 42.1 Å². The van der Waals surface area contributed by atoms with Gasteiger partial charge in [0.1, 0.15) is 0 Å². The van der Waals surface area contributed by atoms with Gasteiger partial charge in [0.15, 0.2) is 0 Å². The van der Waals surface area contributed by atoms with E-state index >= 15 is 0 Å². The Bertz CT molecular complexity index is 582. The van der Waals surface area contributed by atoms with Crippen LogP contribution in [0.1, 0.15) is 12.5 Å². The van der Waals surface area contributed by atoms with Gasteiger partial charge in [-0.25, -0.2) is 0 Å². The van der Waals surface area contributed by atoms with Gasteiger partial charge < -0.3 is 5.73 Å². The van der Waals surface area contributed by atoms with Crippen LogP contribution in [-0.4, -0.2) is 33.0 Å². The number of hydrogen-bond donors (Lipinski definition) is 1. The zero-order valence-electron chi connectivity index (χ0n) is 11.7. The number of hydrogen-bond acceptors (Lipinski definition) is 4. The van der Waals surface area contributed by atoms with Crippen LogP contribution in [0, 0.1) is 0 Å². The molecule has 3 unspecified atom stereocenters. The molecule has 1 fully saturated rings. The number of para-hydroxylation sites is 1. The van der Waals surface area contributed by atoms with Gasteiger partial charge in [0, 0.05) is 39.6 Å². The van der Waals surface area contributed by atoms with E-state index in [-0.39, 0.29) is 6.04 Å². The molecule has 0 spiro atoms. The summed E-state index contributed by atoms with van der Waals surface area (Å²) in [6.45, 7) is 2.31. The molecule has 0 amide bonds. The van der Waals surface area contributed by atoms with E-state index < -0.39 is 0 Å². The lowest BCUT2D eigenvalue weighted by Crippen LogP contribution is -2.42. The summed E-state index contributed by atoms with van der Waals surface area (Å²) < 4.78 is 0. The summed E-state index contributed by atoms with van der Waals surface area (Å²) in [6.07, 6.45) is 2.84. The van der Waals surface area contributed by atoms with E-state index in [1.165, 1.54) is 22.5 Å². The first-order valence-electron chi connectivity index (χ1n) is 7.07. The van der Waals surface area contributed by atoms with Gasteiger partial charge in [-0.05, 0) is 24.1 Å². The minimum absolute atomic E-state index is 0.216. The second kappa shape index (κ2) is 6.37. The highest BCUT2D eigenvalue weighted by Crippen LogP contribution is 2.33. The Labute approximate surface area is 128 Å². The van der Waals surface area contributed by atoms with E-state index in [2.05, 4.69) is 47.9 Å². The van der Waals surface area contributed by atoms with Crippen molar-refractivity contribution in [2.75, 3.05) is 11.5 Å². The number of nitrogens with two attached hydrogens (primary N) is 1. The van der Waals surface area contributed by atoms with Crippen LogP contribution in [0.25, 0.3) is 10.9 Å². The molecule has 1 aliphatic rings. The van der Waals surface area contributed by atoms with Crippen LogP contribution in [0.15, 0.2) is 36.5 Å². The molecular formula is C16H20N2S2. The van der Waals surface area contributed by atoms with Gasteiger partial charge in [0.05, 0.1) is 5.52 Å². The Balaban J connectivity index is 1.82. The van der Waals surface area contributed by atoms with E-state index in [9.17, 15) is 0 Å². The topological polar surface area (TPSA) is 38.9 Å². The molecule has 1 aromatic heterocycles. The monoisotopic (exact) mass is 304 g/mol. The van der Waals surface area contributed by atoms with Crippen molar-refractivity contribution in [3.8, 4) is 0 Å². The second-order valence-corrected chi connectivity index (χ2v) is 8.04. The van der Waals surface area contributed by atoms with Crippen LogP contribution in [0.5, 0.6) is 0 Å². The third-order valence-corrected chi connectivity index (χ3v) is 7.13. The summed E-state index contributed by atoms with van der Waals surface area (Å²) in [5.74, 6) is 2.48. The number of thioether (sulfide) groups is 2. The summed E-state index contributed by atoms with van der Waals surface area (Å²) in [7, 11) is 0. The van der Waals surface area contributed by atoms with E-state index in [4.69, 9.17) is 5.73 Å². The van der Waals surface area contributed by atoms with E-state index in [0.717, 1.165) is 11.9 Å². The van der Waals surface area contributed by atoms with Crippen LogP contribution >= 0.6 is 23.5 Å². The Morgan fingerprint density at radius 1 is 1.25 bits per heavy atom. The van der Waals surface area contributed by atoms with Gasteiger partial charge in [0.25, 0.3) is 0 Å². The number of fused-ring (bicyclic) bond motifs is 1. The summed E-state index contributed by atoms with van der Waals surface area (Å²) >= 11 is 4.10. The molecule has 2 heterocycles. The number of aromatic nitrogens is 1. The first-order chi connectivity index (χ1) is 9.75. The van der Waals surface area contributed by atoms with Gasteiger partial charge in [-0.3, -0.25) is 4.98 Å². The minimum Gasteiger partial charge on any atom is -0.326 e. The van der Waals surface area contributed by atoms with E-state index in [1.54, 1.807) is 0 Å². The fraction of sp³-hybridized carbons (Fsp3) is 0.438. The molecule has 106 valence electrons. The van der Waals surface area contributed by atoms with Gasteiger partial charge in [-0.1, -0.05) is 25.1 Å². The molecule has 20 heavy (non-hydrogen) atoms. The van der Waals surface area contributed by atoms with E-state index in [0.29, 0.717) is 10.5 Å². The largest absolute Gasteiger partial charge is 0.326 e. The smallest absolute Gasteiger partial charge is 0.0704 e. The molecule has 1 aromatic carbocycles. The fourth-order valence-corrected chi connectivity index (χ4v) is 5.71. The Kier molecular flexibility index (Phi) is 4.54. The van der Waals surface area contributed by atoms with Gasteiger partial charge in [-0.2, -0.15) is 23.5 Å². The molecule has 2 aromatic rings. The second-order valence-electron chi connectivity index (χ2n) is 5.27. The average molecular weight is 304 g/mol. The number of nitrogens with zero attached hydrogens (tertiary/aromatic N) is 1. The molecule has 1 saturated heterocycles. The normalized spacial score (nSPS) is 24.7. The zero-order chi connectivity index (χ0) is 13.9. The molecule has 2 N–H and O–H groups in total. The molecule has 0 saturated carbocycles. The molecule has 3 atom stereocenters. The molecule has 0 radical (unpaired) electrons. The lowest BCUT2D eigenvalue weighted by molar-refractivity contribution is 0.624. The summed E-state index contributed by atoms with van der Waals surface area (Å²) in [4.78, 5) is 4.43. The first-order valence-corrected chi connectivity index (χ1v) is 9.17. The molecular weight excluding hydrogens is 284 g/mol. The average Bonchev–Trinajstić information content (AvgIpc) is 2.48. The predicted octanol–water partition coefficient (Wildman–Crippen LogP) is 3.34. The third kappa shape index (κ3) is 2.97. The molecule has 3 rings (SSSR count). The van der Waals surface area contributed by atoms with Crippen molar-refractivity contribution in [1.82, 2.24) is 4.98 Å². The Morgan fingerprint density at radius 3 is 2.90 bits per heavy atom. The van der Waals surface area contributed by atoms with Crippen LogP contribution in [0.2, 0.25) is 0 Å². The summed E-state index contributed by atoms with van der Waals surface area (Å²) in [5, 5.41) is 2.45. The van der Waals surface area contributed by atoms with E-state index in [1.807, 2.05) is 24.0 Å². The van der Waals surface area contributed by atoms with Crippen molar-refractivity contribution in [3.63, 3.8) is 0 Å². The lowest BCUT2D eigenvalue weighted by atomic mass is 9.99. The lowest BCUT2D eigenvalue weighted by Gasteiger charge is -2.32. The number of pyridine rings is 1. The predicted molar refractivity (Wildman–Crippen MR) is 91.6 cm³/mol. The Hall–Kier alpha value is -0.710. The van der Waals surface area contributed by atoms with Crippen LogP contribution in [0.4, 0.5) is 0 Å². The first kappa shape index (κ1) is 14.2. The van der Waals surface area contributed by atoms with Crippen molar-refractivity contribution in [2.24, 2.45) is 5.73 Å². The number of rotatable bonds is 3. The Morgan fingerprint density at radius 2 is 2.05 bits per heavy atom. The van der Waals surface area contributed by atoms with Crippen molar-refractivity contribution in [1.29, 1.82) is 0 Å².